The molecule has 0 unspecified atom stereocenters. The molecule has 3 fully saturated rings. The summed E-state index contributed by atoms with van der Waals surface area (Å²) in [6.07, 6.45) is -3.27. The molecule has 1 saturated carbocycles. The molecule has 3 rings (SSSR count). The van der Waals surface area contributed by atoms with Gasteiger partial charge in [-0.3, -0.25) is 19.2 Å². The Balaban J connectivity index is 1.82. The number of carbonyl (C=O) groups excluding carboxylic acids is 5. The third-order valence-electron chi connectivity index (χ3n) is 8.19. The number of methoxy groups -OCH3 is 1. The maximum Gasteiger partial charge on any atom is 0.471 e. The molecule has 6 atom stereocenters. The number of carbonyl (C=O) groups is 5. The lowest BCUT2D eigenvalue weighted by Gasteiger charge is -2.38. The molecule has 0 spiro atoms. The van der Waals surface area contributed by atoms with Crippen LogP contribution in [0.2, 0.25) is 0 Å². The fraction of sp³-hybridized carbons (Fsp3) is 0.792. The second kappa shape index (κ2) is 10.2. The average Bonchev–Trinajstić information content (AvgIpc) is 3.15. The molecule has 37 heavy (non-hydrogen) atoms. The van der Waals surface area contributed by atoms with Crippen molar-refractivity contribution in [3.8, 4) is 0 Å². The molecule has 2 heterocycles. The average molecular weight is 533 g/mol. The highest BCUT2D eigenvalue weighted by atomic mass is 19.4. The van der Waals surface area contributed by atoms with Gasteiger partial charge >= 0.3 is 12.1 Å². The molecule has 0 aromatic rings. The number of nitrogens with zero attached hydrogens (tertiary/aromatic N) is 1. The molecule has 2 aliphatic heterocycles. The summed E-state index contributed by atoms with van der Waals surface area (Å²) in [5.41, 5.74) is -1.83. The fourth-order valence-electron chi connectivity index (χ4n) is 5.63. The third kappa shape index (κ3) is 5.75. The normalized spacial score (nSPS) is 28.4. The molecule has 3 N–H and O–H groups in total. The van der Waals surface area contributed by atoms with Gasteiger partial charge in [0.05, 0.1) is 11.6 Å². The van der Waals surface area contributed by atoms with Gasteiger partial charge in [0.2, 0.25) is 17.7 Å². The Labute approximate surface area is 213 Å². The number of piperidine rings is 2. The Kier molecular flexibility index (Phi) is 7.97. The Morgan fingerprint density at radius 2 is 1.89 bits per heavy atom. The van der Waals surface area contributed by atoms with Crippen molar-refractivity contribution in [1.82, 2.24) is 20.9 Å². The van der Waals surface area contributed by atoms with E-state index in [1.165, 1.54) is 25.9 Å². The molecule has 3 aliphatic rings. The van der Waals surface area contributed by atoms with Crippen LogP contribution in [0.5, 0.6) is 0 Å². The molecule has 0 aromatic carbocycles. The van der Waals surface area contributed by atoms with E-state index in [2.05, 4.69) is 10.6 Å². The Morgan fingerprint density at radius 1 is 1.24 bits per heavy atom. The topological polar surface area (TPSA) is 134 Å². The Morgan fingerprint density at radius 3 is 2.43 bits per heavy atom. The van der Waals surface area contributed by atoms with E-state index < -0.39 is 53.5 Å². The summed E-state index contributed by atoms with van der Waals surface area (Å²) in [5, 5.41) is 7.09. The van der Waals surface area contributed by atoms with Gasteiger partial charge in [-0.2, -0.15) is 13.2 Å². The van der Waals surface area contributed by atoms with Crippen molar-refractivity contribution in [3.63, 3.8) is 0 Å². The maximum absolute atomic E-state index is 13.6. The van der Waals surface area contributed by atoms with Gasteiger partial charge in [0.25, 0.3) is 0 Å². The van der Waals surface area contributed by atoms with Gasteiger partial charge in [-0.05, 0) is 50.4 Å². The van der Waals surface area contributed by atoms with Crippen molar-refractivity contribution < 1.29 is 41.9 Å². The molecule has 0 bridgehead atoms. The first kappa shape index (κ1) is 28.9. The number of halogens is 3. The van der Waals surface area contributed by atoms with E-state index in [1.807, 2.05) is 13.8 Å². The zero-order valence-electron chi connectivity index (χ0n) is 21.6. The number of hydrogen-bond acceptors (Lipinski definition) is 6. The molecule has 4 amide bonds. The number of aldehydes is 1. The van der Waals surface area contributed by atoms with E-state index in [4.69, 9.17) is 4.74 Å². The van der Waals surface area contributed by atoms with Gasteiger partial charge in [-0.1, -0.05) is 13.8 Å². The highest BCUT2D eigenvalue weighted by Crippen LogP contribution is 2.65. The standard InChI is InChI=1S/C24H35F3N4O6/c1-22(2)14-10-31(20(35)17(23(3,4)37-5)30-21(36)24(25,26)27)16(15(14)22)19(34)29-13(11-32)9-12-7-6-8-28-18(12)33/h11-17H,6-10H2,1-5H3,(H,28,33)(H,29,34)(H,30,36)/t12-,13-,14-,15-,16-,17+/m0/s1. The minimum absolute atomic E-state index is 0.0874. The maximum atomic E-state index is 13.6. The van der Waals surface area contributed by atoms with Crippen LogP contribution in [0.1, 0.15) is 47.0 Å². The van der Waals surface area contributed by atoms with Gasteiger partial charge in [0.1, 0.15) is 18.4 Å². The van der Waals surface area contributed by atoms with Gasteiger partial charge in [0.15, 0.2) is 0 Å². The zero-order valence-corrected chi connectivity index (χ0v) is 21.6. The molecular formula is C24H35F3N4O6. The molecule has 208 valence electrons. The summed E-state index contributed by atoms with van der Waals surface area (Å²) < 4.78 is 44.3. The minimum atomic E-state index is -5.23. The first-order valence-electron chi connectivity index (χ1n) is 12.3. The lowest BCUT2D eigenvalue weighted by Crippen LogP contribution is -2.63. The lowest BCUT2D eigenvalue weighted by atomic mass is 9.91. The summed E-state index contributed by atoms with van der Waals surface area (Å²) in [5.74, 6) is -4.83. The van der Waals surface area contributed by atoms with Gasteiger partial charge in [-0.25, -0.2) is 0 Å². The second-order valence-electron chi connectivity index (χ2n) is 11.2. The van der Waals surface area contributed by atoms with E-state index in [1.54, 1.807) is 5.32 Å². The van der Waals surface area contributed by atoms with E-state index in [9.17, 15) is 37.1 Å². The van der Waals surface area contributed by atoms with Crippen molar-refractivity contribution in [2.75, 3.05) is 20.2 Å². The van der Waals surface area contributed by atoms with Gasteiger partial charge in [0, 0.05) is 26.1 Å². The van der Waals surface area contributed by atoms with Crippen molar-refractivity contribution in [2.24, 2.45) is 23.2 Å². The molecule has 13 heteroatoms. The second-order valence-corrected chi connectivity index (χ2v) is 11.2. The van der Waals surface area contributed by atoms with Crippen LogP contribution in [0.25, 0.3) is 0 Å². The Hall–Kier alpha value is -2.70. The number of likely N-dealkylation sites (tertiary alicyclic amines) is 1. The van der Waals surface area contributed by atoms with Crippen molar-refractivity contribution in [3.05, 3.63) is 0 Å². The van der Waals surface area contributed by atoms with Gasteiger partial charge in [-0.15, -0.1) is 0 Å². The number of ether oxygens (including phenoxy) is 1. The van der Waals surface area contributed by atoms with E-state index in [0.29, 0.717) is 19.3 Å². The molecule has 0 radical (unpaired) electrons. The number of hydrogen-bond donors (Lipinski definition) is 3. The van der Waals surface area contributed by atoms with E-state index in [-0.39, 0.29) is 36.1 Å². The summed E-state index contributed by atoms with van der Waals surface area (Å²) >= 11 is 0. The monoisotopic (exact) mass is 532 g/mol. The number of fused-ring (bicyclic) bond motifs is 1. The van der Waals surface area contributed by atoms with Crippen LogP contribution >= 0.6 is 0 Å². The summed E-state index contributed by atoms with van der Waals surface area (Å²) in [4.78, 5) is 63.8. The van der Waals surface area contributed by atoms with Crippen LogP contribution in [0, 0.1) is 23.2 Å². The molecular weight excluding hydrogens is 497 g/mol. The van der Waals surface area contributed by atoms with Crippen molar-refractivity contribution in [1.29, 1.82) is 0 Å². The molecule has 1 aliphatic carbocycles. The molecule has 2 saturated heterocycles. The number of alkyl halides is 3. The SMILES string of the molecule is COC(C)(C)[C@H](NC(=O)C(F)(F)F)C(=O)N1C[C@H]2[C@@H]([C@H]1C(=O)N[C@H](C=O)C[C@@H]1CCCNC1=O)C2(C)C. The number of rotatable bonds is 9. The smallest absolute Gasteiger partial charge is 0.376 e. The Bertz CT molecular complexity index is 953. The molecule has 10 nitrogen and oxygen atoms in total. The zero-order chi connectivity index (χ0) is 27.9. The summed E-state index contributed by atoms with van der Waals surface area (Å²) in [6, 6.07) is -3.77. The van der Waals surface area contributed by atoms with Gasteiger partial charge < -0.3 is 30.4 Å². The third-order valence-corrected chi connectivity index (χ3v) is 8.19. The largest absolute Gasteiger partial charge is 0.471 e. The first-order chi connectivity index (χ1) is 17.1. The van der Waals surface area contributed by atoms with Crippen LogP contribution in [0.4, 0.5) is 13.2 Å². The van der Waals surface area contributed by atoms with E-state index in [0.717, 1.165) is 6.42 Å². The number of amides is 4. The van der Waals surface area contributed by atoms with Crippen molar-refractivity contribution >= 4 is 29.9 Å². The van der Waals surface area contributed by atoms with E-state index >= 15 is 0 Å². The van der Waals surface area contributed by atoms with Crippen LogP contribution in [0.3, 0.4) is 0 Å². The fourth-order valence-corrected chi connectivity index (χ4v) is 5.63. The van der Waals surface area contributed by atoms with Crippen LogP contribution in [-0.4, -0.2) is 84.9 Å². The highest BCUT2D eigenvalue weighted by molar-refractivity contribution is 5.95. The first-order valence-corrected chi connectivity index (χ1v) is 12.3. The quantitative estimate of drug-likeness (QED) is 0.371. The predicted octanol–water partition coefficient (Wildman–Crippen LogP) is 0.542. The van der Waals surface area contributed by atoms with Crippen molar-refractivity contribution in [2.45, 2.75) is 76.9 Å². The van der Waals surface area contributed by atoms with Crippen LogP contribution in [-0.2, 0) is 28.7 Å². The van der Waals surface area contributed by atoms with Crippen LogP contribution < -0.4 is 16.0 Å². The molecule has 0 aromatic heterocycles. The summed E-state index contributed by atoms with van der Waals surface area (Å²) in [7, 11) is 1.20. The number of nitrogens with one attached hydrogen (secondary N) is 3. The highest BCUT2D eigenvalue weighted by Gasteiger charge is 2.70. The predicted molar refractivity (Wildman–Crippen MR) is 124 cm³/mol. The minimum Gasteiger partial charge on any atom is -0.376 e. The van der Waals surface area contributed by atoms with Crippen LogP contribution in [0.15, 0.2) is 0 Å². The lowest BCUT2D eigenvalue weighted by molar-refractivity contribution is -0.178. The summed E-state index contributed by atoms with van der Waals surface area (Å²) in [6.45, 7) is 7.23.